The Morgan fingerprint density at radius 1 is 1.40 bits per heavy atom. The fraction of sp³-hybridized carbons (Fsp3) is 0.545. The molecule has 0 radical (unpaired) electrons. The first kappa shape index (κ1) is 11.9. The van der Waals surface area contributed by atoms with Crippen molar-refractivity contribution in [2.75, 3.05) is 26.3 Å². The number of hydrogen-bond acceptors (Lipinski definition) is 3. The van der Waals surface area contributed by atoms with Crippen molar-refractivity contribution >= 4 is 5.91 Å². The topological polar surface area (TPSA) is 55.6 Å². The summed E-state index contributed by atoms with van der Waals surface area (Å²) in [4.78, 5) is 13.7. The molecule has 1 aliphatic heterocycles. The standard InChI is InChI=1S/C11H18N2O2/c1-3-5-13(6-4-2)11(14)9-7-15-8-10(9)12/h3-4,9-10H,1-2,5-8,12H2. The van der Waals surface area contributed by atoms with E-state index in [1.54, 1.807) is 17.1 Å². The molecular weight excluding hydrogens is 192 g/mol. The lowest BCUT2D eigenvalue weighted by Crippen LogP contribution is -2.43. The molecule has 1 amide bonds. The summed E-state index contributed by atoms with van der Waals surface area (Å²) in [5.74, 6) is -0.190. The van der Waals surface area contributed by atoms with Crippen molar-refractivity contribution in [1.82, 2.24) is 4.90 Å². The van der Waals surface area contributed by atoms with Crippen LogP contribution in [0.5, 0.6) is 0 Å². The number of nitrogens with zero attached hydrogens (tertiary/aromatic N) is 1. The average molecular weight is 210 g/mol. The molecule has 2 atom stereocenters. The van der Waals surface area contributed by atoms with Crippen molar-refractivity contribution in [3.8, 4) is 0 Å². The largest absolute Gasteiger partial charge is 0.379 e. The Bertz CT molecular complexity index is 243. The first-order valence-corrected chi connectivity index (χ1v) is 5.04. The third-order valence-electron chi connectivity index (χ3n) is 2.45. The first-order valence-electron chi connectivity index (χ1n) is 5.04. The van der Waals surface area contributed by atoms with E-state index in [4.69, 9.17) is 10.5 Å². The number of nitrogens with two attached hydrogens (primary N) is 1. The van der Waals surface area contributed by atoms with E-state index in [1.165, 1.54) is 0 Å². The molecule has 2 unspecified atom stereocenters. The van der Waals surface area contributed by atoms with Crippen LogP contribution < -0.4 is 5.73 Å². The van der Waals surface area contributed by atoms with Gasteiger partial charge in [-0.05, 0) is 0 Å². The fourth-order valence-electron chi connectivity index (χ4n) is 1.63. The highest BCUT2D eigenvalue weighted by Gasteiger charge is 2.33. The highest BCUT2D eigenvalue weighted by molar-refractivity contribution is 5.80. The minimum absolute atomic E-state index is 0.0276. The maximum Gasteiger partial charge on any atom is 0.230 e. The molecule has 0 aromatic heterocycles. The van der Waals surface area contributed by atoms with Crippen LogP contribution in [0.25, 0.3) is 0 Å². The molecule has 0 aromatic rings. The van der Waals surface area contributed by atoms with E-state index in [1.807, 2.05) is 0 Å². The quantitative estimate of drug-likeness (QED) is 0.658. The Morgan fingerprint density at radius 2 is 2.00 bits per heavy atom. The van der Waals surface area contributed by atoms with Crippen molar-refractivity contribution in [2.24, 2.45) is 11.7 Å². The Balaban J connectivity index is 2.61. The van der Waals surface area contributed by atoms with Gasteiger partial charge in [0.05, 0.1) is 19.1 Å². The number of ether oxygens (including phenoxy) is 1. The third-order valence-corrected chi connectivity index (χ3v) is 2.45. The maximum absolute atomic E-state index is 12.0. The van der Waals surface area contributed by atoms with Crippen molar-refractivity contribution in [1.29, 1.82) is 0 Å². The number of carbonyl (C=O) groups excluding carboxylic acids is 1. The van der Waals surface area contributed by atoms with Crippen molar-refractivity contribution in [3.63, 3.8) is 0 Å². The monoisotopic (exact) mass is 210 g/mol. The summed E-state index contributed by atoms with van der Waals surface area (Å²) in [6.07, 6.45) is 3.39. The van der Waals surface area contributed by atoms with E-state index in [9.17, 15) is 4.79 Å². The molecule has 15 heavy (non-hydrogen) atoms. The summed E-state index contributed by atoms with van der Waals surface area (Å²) in [6, 6.07) is -0.186. The van der Waals surface area contributed by atoms with Gasteiger partial charge in [-0.1, -0.05) is 12.2 Å². The molecule has 0 spiro atoms. The summed E-state index contributed by atoms with van der Waals surface area (Å²) < 4.78 is 5.17. The summed E-state index contributed by atoms with van der Waals surface area (Å²) in [7, 11) is 0. The normalized spacial score (nSPS) is 24.9. The van der Waals surface area contributed by atoms with Gasteiger partial charge in [-0.2, -0.15) is 0 Å². The summed E-state index contributed by atoms with van der Waals surface area (Å²) >= 11 is 0. The van der Waals surface area contributed by atoms with E-state index >= 15 is 0 Å². The van der Waals surface area contributed by atoms with E-state index < -0.39 is 0 Å². The van der Waals surface area contributed by atoms with Crippen LogP contribution >= 0.6 is 0 Å². The van der Waals surface area contributed by atoms with Gasteiger partial charge in [0.1, 0.15) is 0 Å². The fourth-order valence-corrected chi connectivity index (χ4v) is 1.63. The zero-order valence-electron chi connectivity index (χ0n) is 8.89. The molecule has 4 nitrogen and oxygen atoms in total. The molecule has 0 saturated carbocycles. The Hall–Kier alpha value is -1.13. The van der Waals surface area contributed by atoms with Crippen LogP contribution in [0.4, 0.5) is 0 Å². The number of amides is 1. The maximum atomic E-state index is 12.0. The van der Waals surface area contributed by atoms with Gasteiger partial charge in [-0.25, -0.2) is 0 Å². The highest BCUT2D eigenvalue weighted by atomic mass is 16.5. The van der Waals surface area contributed by atoms with Crippen molar-refractivity contribution < 1.29 is 9.53 Å². The molecular formula is C11H18N2O2. The smallest absolute Gasteiger partial charge is 0.230 e. The van der Waals surface area contributed by atoms with Crippen molar-refractivity contribution in [3.05, 3.63) is 25.3 Å². The van der Waals surface area contributed by atoms with Crippen LogP contribution in [-0.4, -0.2) is 43.2 Å². The Labute approximate surface area is 90.4 Å². The third kappa shape index (κ3) is 2.91. The van der Waals surface area contributed by atoms with Crippen LogP contribution in [0.1, 0.15) is 0 Å². The lowest BCUT2D eigenvalue weighted by atomic mass is 10.0. The molecule has 2 N–H and O–H groups in total. The number of hydrogen-bond donors (Lipinski definition) is 1. The molecule has 1 heterocycles. The van der Waals surface area contributed by atoms with Gasteiger partial charge in [0.2, 0.25) is 5.91 Å². The lowest BCUT2D eigenvalue weighted by Gasteiger charge is -2.24. The van der Waals surface area contributed by atoms with Crippen LogP contribution in [0, 0.1) is 5.92 Å². The molecule has 1 fully saturated rings. The number of rotatable bonds is 5. The second-order valence-electron chi connectivity index (χ2n) is 3.63. The van der Waals surface area contributed by atoms with Gasteiger partial charge in [0.25, 0.3) is 0 Å². The van der Waals surface area contributed by atoms with Gasteiger partial charge in [-0.3, -0.25) is 4.79 Å². The average Bonchev–Trinajstić information content (AvgIpc) is 2.63. The SMILES string of the molecule is C=CCN(CC=C)C(=O)C1COCC1N. The molecule has 0 aliphatic carbocycles. The van der Waals surface area contributed by atoms with E-state index in [0.717, 1.165) is 0 Å². The van der Waals surface area contributed by atoms with Gasteiger partial charge in [0.15, 0.2) is 0 Å². The first-order chi connectivity index (χ1) is 7.20. The minimum atomic E-state index is -0.218. The molecule has 0 aromatic carbocycles. The van der Waals surface area contributed by atoms with Gasteiger partial charge in [-0.15, -0.1) is 13.2 Å². The van der Waals surface area contributed by atoms with Gasteiger partial charge in [0, 0.05) is 19.1 Å². The van der Waals surface area contributed by atoms with E-state index in [0.29, 0.717) is 26.3 Å². The second-order valence-corrected chi connectivity index (χ2v) is 3.63. The summed E-state index contributed by atoms with van der Waals surface area (Å²) in [6.45, 7) is 9.17. The zero-order valence-corrected chi connectivity index (χ0v) is 8.89. The van der Waals surface area contributed by atoms with Crippen molar-refractivity contribution in [2.45, 2.75) is 6.04 Å². The zero-order chi connectivity index (χ0) is 11.3. The Morgan fingerprint density at radius 3 is 2.40 bits per heavy atom. The second kappa shape index (κ2) is 5.68. The molecule has 84 valence electrons. The minimum Gasteiger partial charge on any atom is -0.379 e. The predicted octanol–water partition coefficient (Wildman–Crippen LogP) is 0.161. The molecule has 0 bridgehead atoms. The van der Waals surface area contributed by atoms with Gasteiger partial charge < -0.3 is 15.4 Å². The summed E-state index contributed by atoms with van der Waals surface area (Å²) in [5, 5.41) is 0. The molecule has 4 heteroatoms. The van der Waals surface area contributed by atoms with E-state index in [2.05, 4.69) is 13.2 Å². The van der Waals surface area contributed by atoms with E-state index in [-0.39, 0.29) is 17.9 Å². The van der Waals surface area contributed by atoms with Crippen LogP contribution in [-0.2, 0) is 9.53 Å². The molecule has 1 rings (SSSR count). The number of carbonyl (C=O) groups is 1. The van der Waals surface area contributed by atoms with Gasteiger partial charge >= 0.3 is 0 Å². The molecule has 1 aliphatic rings. The van der Waals surface area contributed by atoms with Crippen LogP contribution in [0.15, 0.2) is 25.3 Å². The summed E-state index contributed by atoms with van der Waals surface area (Å²) in [5.41, 5.74) is 5.79. The Kier molecular flexibility index (Phi) is 4.52. The van der Waals surface area contributed by atoms with Crippen LogP contribution in [0.2, 0.25) is 0 Å². The lowest BCUT2D eigenvalue weighted by molar-refractivity contribution is -0.134. The predicted molar refractivity (Wildman–Crippen MR) is 59.3 cm³/mol. The molecule has 1 saturated heterocycles. The highest BCUT2D eigenvalue weighted by Crippen LogP contribution is 2.14. The van der Waals surface area contributed by atoms with Crippen LogP contribution in [0.3, 0.4) is 0 Å².